The molecule has 0 aromatic carbocycles. The van der Waals surface area contributed by atoms with E-state index >= 15 is 0 Å². The van der Waals surface area contributed by atoms with Crippen LogP contribution in [0.15, 0.2) is 0 Å². The molecular formula is C5H10N2O2S. The van der Waals surface area contributed by atoms with Crippen LogP contribution < -0.4 is 0 Å². The molecule has 0 amide bonds. The van der Waals surface area contributed by atoms with E-state index in [-0.39, 0.29) is 5.75 Å². The van der Waals surface area contributed by atoms with Crippen molar-refractivity contribution in [2.24, 2.45) is 0 Å². The van der Waals surface area contributed by atoms with E-state index in [9.17, 15) is 8.42 Å². The maximum Gasteiger partial charge on any atom is 0.370 e. The number of unbranched alkanes of at least 4 members (excludes halogenated alkanes) is 1. The monoisotopic (exact) mass is 162 g/mol. The van der Waals surface area contributed by atoms with Gasteiger partial charge in [-0.1, -0.05) is 13.3 Å². The van der Waals surface area contributed by atoms with Crippen molar-refractivity contribution in [3.8, 4) is 0 Å². The molecule has 0 rings (SSSR count). The van der Waals surface area contributed by atoms with Crippen LogP contribution in [-0.2, 0) is 9.84 Å². The van der Waals surface area contributed by atoms with Crippen molar-refractivity contribution >= 4 is 15.4 Å². The van der Waals surface area contributed by atoms with Gasteiger partial charge in [0, 0.05) is 0 Å². The van der Waals surface area contributed by atoms with Crippen LogP contribution in [-0.4, -0.2) is 24.5 Å². The van der Waals surface area contributed by atoms with Gasteiger partial charge in [-0.25, -0.2) is 8.42 Å². The smallest absolute Gasteiger partial charge is 0.361 e. The molecule has 0 saturated heterocycles. The molecule has 58 valence electrons. The van der Waals surface area contributed by atoms with Crippen LogP contribution in [0.5, 0.6) is 0 Å². The van der Waals surface area contributed by atoms with E-state index in [4.69, 9.17) is 5.53 Å². The zero-order chi connectivity index (χ0) is 8.04. The van der Waals surface area contributed by atoms with Gasteiger partial charge in [0.2, 0.25) is 9.84 Å². The number of sulfone groups is 1. The molecular weight excluding hydrogens is 152 g/mol. The second-order valence-electron chi connectivity index (χ2n) is 1.94. The molecule has 4 nitrogen and oxygen atoms in total. The molecule has 0 N–H and O–H groups in total. The Morgan fingerprint density at radius 2 is 2.20 bits per heavy atom. The van der Waals surface area contributed by atoms with E-state index in [2.05, 4.69) is 4.79 Å². The van der Waals surface area contributed by atoms with Crippen LogP contribution in [0.2, 0.25) is 0 Å². The molecule has 0 radical (unpaired) electrons. The molecule has 0 aromatic rings. The lowest BCUT2D eigenvalue weighted by atomic mass is 10.4. The fourth-order valence-corrected chi connectivity index (χ4v) is 1.41. The van der Waals surface area contributed by atoms with E-state index in [0.29, 0.717) is 12.0 Å². The Hall–Kier alpha value is -0.670. The topological polar surface area (TPSA) is 70.5 Å². The van der Waals surface area contributed by atoms with Gasteiger partial charge in [0.25, 0.3) is 0 Å². The van der Waals surface area contributed by atoms with E-state index in [1.54, 1.807) is 0 Å². The Balaban J connectivity index is 4.02. The molecule has 0 bridgehead atoms. The quantitative estimate of drug-likeness (QED) is 0.261. The van der Waals surface area contributed by atoms with Crippen LogP contribution in [0.3, 0.4) is 0 Å². The lowest BCUT2D eigenvalue weighted by molar-refractivity contribution is 0.00754. The lowest BCUT2D eigenvalue weighted by Crippen LogP contribution is -2.06. The highest BCUT2D eigenvalue weighted by molar-refractivity contribution is 8.04. The summed E-state index contributed by atoms with van der Waals surface area (Å²) < 4.78 is 21.4. The van der Waals surface area contributed by atoms with Crippen LogP contribution in [0.25, 0.3) is 5.53 Å². The van der Waals surface area contributed by atoms with E-state index in [1.807, 2.05) is 6.92 Å². The van der Waals surface area contributed by atoms with Gasteiger partial charge in [-0.2, -0.15) is 4.79 Å². The van der Waals surface area contributed by atoms with Gasteiger partial charge >= 0.3 is 5.55 Å². The number of rotatable bonds is 4. The molecule has 0 spiro atoms. The Bertz CT molecular complexity index is 226. The average molecular weight is 162 g/mol. The fraction of sp³-hybridized carbons (Fsp3) is 0.800. The summed E-state index contributed by atoms with van der Waals surface area (Å²) in [7, 11) is -3.24. The van der Waals surface area contributed by atoms with Gasteiger partial charge in [-0.3, -0.25) is 0 Å². The van der Waals surface area contributed by atoms with Gasteiger partial charge in [0.1, 0.15) is 0 Å². The highest BCUT2D eigenvalue weighted by atomic mass is 32.2. The first kappa shape index (κ1) is 9.33. The Morgan fingerprint density at radius 3 is 2.60 bits per heavy atom. The second kappa shape index (κ2) is 4.19. The highest BCUT2D eigenvalue weighted by Crippen LogP contribution is 1.92. The van der Waals surface area contributed by atoms with Crippen molar-refractivity contribution in [1.29, 1.82) is 0 Å². The third-order valence-electron chi connectivity index (χ3n) is 0.990. The van der Waals surface area contributed by atoms with Crippen molar-refractivity contribution in [2.45, 2.75) is 19.8 Å². The predicted molar refractivity (Wildman–Crippen MR) is 38.4 cm³/mol. The molecule has 0 atom stereocenters. The zero-order valence-corrected chi connectivity index (χ0v) is 6.63. The van der Waals surface area contributed by atoms with Crippen molar-refractivity contribution < 1.29 is 13.2 Å². The minimum absolute atomic E-state index is 0.0631. The third-order valence-corrected chi connectivity index (χ3v) is 2.26. The van der Waals surface area contributed by atoms with Crippen LogP contribution in [0, 0.1) is 0 Å². The molecule has 0 aliphatic carbocycles. The fourth-order valence-electron chi connectivity index (χ4n) is 0.470. The van der Waals surface area contributed by atoms with Crippen LogP contribution >= 0.6 is 0 Å². The Labute approximate surface area is 60.4 Å². The highest BCUT2D eigenvalue weighted by Gasteiger charge is 2.09. The summed E-state index contributed by atoms with van der Waals surface area (Å²) in [5, 5.41) is 0. The molecule has 0 fully saturated rings. The maximum absolute atomic E-state index is 10.7. The largest absolute Gasteiger partial charge is 0.370 e. The molecule has 0 aromatic heterocycles. The van der Waals surface area contributed by atoms with Crippen molar-refractivity contribution in [3.05, 3.63) is 5.53 Å². The normalized spacial score (nSPS) is 10.5. The maximum atomic E-state index is 10.7. The average Bonchev–Trinajstić information content (AvgIpc) is 1.84. The number of nitrogens with zero attached hydrogens (tertiary/aromatic N) is 2. The minimum Gasteiger partial charge on any atom is -0.361 e. The molecule has 0 heterocycles. The van der Waals surface area contributed by atoms with Gasteiger partial charge in [-0.15, -0.1) is 0 Å². The Kier molecular flexibility index (Phi) is 3.91. The SMILES string of the molecule is CCCCS(=O)(=O)C=[N+]=[N-]. The predicted octanol–water partition coefficient (Wildman–Crippen LogP) is 0.459. The van der Waals surface area contributed by atoms with Crippen molar-refractivity contribution in [2.75, 3.05) is 5.75 Å². The summed E-state index contributed by atoms with van der Waals surface area (Å²) in [6.45, 7) is 1.89. The minimum atomic E-state index is -3.24. The van der Waals surface area contributed by atoms with Crippen molar-refractivity contribution in [3.63, 3.8) is 0 Å². The summed E-state index contributed by atoms with van der Waals surface area (Å²) in [5.41, 5.74) is 8.46. The van der Waals surface area contributed by atoms with Crippen LogP contribution in [0.1, 0.15) is 19.8 Å². The molecule has 0 aliphatic heterocycles. The molecule has 0 aliphatic rings. The first-order valence-electron chi connectivity index (χ1n) is 3.02. The Morgan fingerprint density at radius 1 is 1.60 bits per heavy atom. The molecule has 0 unspecified atom stereocenters. The first-order chi connectivity index (χ1) is 4.62. The lowest BCUT2D eigenvalue weighted by Gasteiger charge is -1.88. The van der Waals surface area contributed by atoms with Gasteiger partial charge < -0.3 is 5.53 Å². The zero-order valence-electron chi connectivity index (χ0n) is 5.82. The van der Waals surface area contributed by atoms with E-state index in [0.717, 1.165) is 6.42 Å². The number of hydrogen-bond donors (Lipinski definition) is 0. The second-order valence-corrected chi connectivity index (χ2v) is 3.89. The van der Waals surface area contributed by atoms with E-state index < -0.39 is 9.84 Å². The molecule has 0 saturated carbocycles. The van der Waals surface area contributed by atoms with Gasteiger partial charge in [0.15, 0.2) is 0 Å². The summed E-state index contributed by atoms with van der Waals surface area (Å²) in [6.07, 6.45) is 1.42. The first-order valence-corrected chi connectivity index (χ1v) is 4.74. The molecule has 5 heteroatoms. The standard InChI is InChI=1S/C5H10N2O2S/c1-2-3-4-10(8,9)5-7-6/h5H,2-4H2,1H3. The summed E-state index contributed by atoms with van der Waals surface area (Å²) >= 11 is 0. The van der Waals surface area contributed by atoms with Gasteiger partial charge in [-0.05, 0) is 6.42 Å². The summed E-state index contributed by atoms with van der Waals surface area (Å²) in [4.78, 5) is 2.45. The van der Waals surface area contributed by atoms with Gasteiger partial charge in [0.05, 0.1) is 5.75 Å². The third kappa shape index (κ3) is 4.23. The van der Waals surface area contributed by atoms with Crippen molar-refractivity contribution in [1.82, 2.24) is 0 Å². The van der Waals surface area contributed by atoms with Crippen LogP contribution in [0.4, 0.5) is 0 Å². The summed E-state index contributed by atoms with van der Waals surface area (Å²) in [6, 6.07) is 0. The molecule has 10 heavy (non-hydrogen) atoms. The van der Waals surface area contributed by atoms with E-state index in [1.165, 1.54) is 0 Å². The summed E-state index contributed by atoms with van der Waals surface area (Å²) in [5.74, 6) is 0.0631. The number of hydrogen-bond acceptors (Lipinski definition) is 2.